The molecule has 3 fully saturated rings. The van der Waals surface area contributed by atoms with E-state index in [1.165, 1.54) is 0 Å². The molecule has 0 aromatic carbocycles. The molecule has 12 nitrogen and oxygen atoms in total. The SMILES string of the molecule is OP(O)O.O[PH+]1OO1.O[PH+]1OO1.O[PH+]1OO1.[Pd]. The molecule has 3 aliphatic rings. The zero-order valence-corrected chi connectivity index (χ0v) is 12.8. The minimum Gasteiger partial charge on any atom is -0.328 e. The summed E-state index contributed by atoms with van der Waals surface area (Å²) in [6.07, 6.45) is 0. The minimum atomic E-state index is -2.62. The van der Waals surface area contributed by atoms with Crippen LogP contribution >= 0.6 is 34.4 Å². The molecular weight excluding hydrogens is 422 g/mol. The summed E-state index contributed by atoms with van der Waals surface area (Å²) >= 11 is 0. The van der Waals surface area contributed by atoms with Gasteiger partial charge in [0.25, 0.3) is 0 Å². The molecule has 0 aliphatic carbocycles. The summed E-state index contributed by atoms with van der Waals surface area (Å²) in [6, 6.07) is 0. The van der Waals surface area contributed by atoms with E-state index in [-0.39, 0.29) is 20.4 Å². The van der Waals surface area contributed by atoms with Crippen LogP contribution in [0.3, 0.4) is 0 Å². The van der Waals surface area contributed by atoms with Gasteiger partial charge in [-0.2, -0.15) is 14.7 Å². The molecule has 0 aromatic rings. The van der Waals surface area contributed by atoms with Crippen molar-refractivity contribution in [3.8, 4) is 0 Å². The van der Waals surface area contributed by atoms with Gasteiger partial charge in [0.05, 0.1) is 0 Å². The first-order valence-corrected chi connectivity index (χ1v) is 7.99. The van der Waals surface area contributed by atoms with Gasteiger partial charge >= 0.3 is 34.4 Å². The molecule has 0 radical (unpaired) electrons. The van der Waals surface area contributed by atoms with Crippen molar-refractivity contribution in [3.63, 3.8) is 0 Å². The predicted molar refractivity (Wildman–Crippen MR) is 51.7 cm³/mol. The van der Waals surface area contributed by atoms with Crippen LogP contribution in [0.5, 0.6) is 0 Å². The Balaban J connectivity index is 0. The molecule has 3 heterocycles. The number of hydrogen-bond donors (Lipinski definition) is 6. The summed E-state index contributed by atoms with van der Waals surface area (Å²) in [6.45, 7) is 0. The average molecular weight is 431 g/mol. The molecule has 3 saturated heterocycles. The number of hydrogen-bond acceptors (Lipinski definition) is 12. The Bertz CT molecular complexity index is 128. The summed E-state index contributed by atoms with van der Waals surface area (Å²) in [5.41, 5.74) is 0. The van der Waals surface area contributed by atoms with Gasteiger partial charge in [-0.3, -0.25) is 0 Å². The Morgan fingerprint density at radius 1 is 0.588 bits per heavy atom. The second-order valence-electron chi connectivity index (χ2n) is 1.57. The maximum atomic E-state index is 7.82. The first-order valence-electron chi connectivity index (χ1n) is 3.00. The van der Waals surface area contributed by atoms with Crippen molar-refractivity contribution in [3.05, 3.63) is 0 Å². The van der Waals surface area contributed by atoms with E-state index in [1.807, 2.05) is 0 Å². The fraction of sp³-hybridized carbons (Fsp3) is 0. The molecule has 0 saturated carbocycles. The van der Waals surface area contributed by atoms with Crippen molar-refractivity contribution in [2.75, 3.05) is 0 Å². The molecule has 0 atom stereocenters. The quantitative estimate of drug-likeness (QED) is 0.117. The molecule has 0 unspecified atom stereocenters. The van der Waals surface area contributed by atoms with E-state index in [4.69, 9.17) is 29.4 Å². The molecule has 0 aromatic heterocycles. The first kappa shape index (κ1) is 21.2. The Labute approximate surface area is 112 Å². The van der Waals surface area contributed by atoms with Gasteiger partial charge in [-0.05, 0) is 0 Å². The monoisotopic (exact) mass is 431 g/mol. The molecule has 3 aliphatic heterocycles. The second kappa shape index (κ2) is 12.9. The Hall–Kier alpha value is 1.90. The van der Waals surface area contributed by atoms with E-state index in [9.17, 15) is 0 Å². The van der Waals surface area contributed by atoms with Crippen LogP contribution < -0.4 is 0 Å². The summed E-state index contributed by atoms with van der Waals surface area (Å²) < 4.78 is 23.2. The molecule has 0 amide bonds. The van der Waals surface area contributed by atoms with Gasteiger partial charge in [-0.15, -0.1) is 0 Å². The summed E-state index contributed by atoms with van der Waals surface area (Å²) in [5.74, 6) is 0. The van der Waals surface area contributed by atoms with Gasteiger partial charge in [0.15, 0.2) is 0 Å². The van der Waals surface area contributed by atoms with E-state index in [2.05, 4.69) is 28.0 Å². The van der Waals surface area contributed by atoms with Crippen LogP contribution in [0.1, 0.15) is 0 Å². The van der Waals surface area contributed by atoms with Crippen molar-refractivity contribution in [2.24, 2.45) is 0 Å². The fourth-order valence-electron chi connectivity index (χ4n) is 0.0559. The molecule has 17 heavy (non-hydrogen) atoms. The summed E-state index contributed by atoms with van der Waals surface area (Å²) in [7, 11) is -7.51. The van der Waals surface area contributed by atoms with Gasteiger partial charge < -0.3 is 14.7 Å². The zero-order chi connectivity index (χ0) is 12.6. The van der Waals surface area contributed by atoms with E-state index < -0.39 is 34.4 Å². The van der Waals surface area contributed by atoms with Gasteiger partial charge in [0.1, 0.15) is 0 Å². The largest absolute Gasteiger partial charge is 0.483 e. The zero-order valence-electron chi connectivity index (χ0n) is 7.40. The van der Waals surface area contributed by atoms with Crippen LogP contribution in [-0.2, 0) is 48.5 Å². The van der Waals surface area contributed by atoms with E-state index >= 15 is 0 Å². The van der Waals surface area contributed by atoms with Crippen molar-refractivity contribution < 1.29 is 77.8 Å². The van der Waals surface area contributed by atoms with Crippen LogP contribution in [0, 0.1) is 0 Å². The van der Waals surface area contributed by atoms with Crippen LogP contribution in [0.15, 0.2) is 0 Å². The molecule has 0 bridgehead atoms. The van der Waals surface area contributed by atoms with Gasteiger partial charge in [-0.25, -0.2) is 0 Å². The van der Waals surface area contributed by atoms with Crippen LogP contribution in [0.4, 0.5) is 0 Å². The van der Waals surface area contributed by atoms with Crippen molar-refractivity contribution in [2.45, 2.75) is 0 Å². The molecule has 108 valence electrons. The van der Waals surface area contributed by atoms with Gasteiger partial charge in [0.2, 0.25) is 0 Å². The topological polar surface area (TPSA) is 197 Å². The van der Waals surface area contributed by atoms with E-state index in [0.717, 1.165) is 0 Å². The molecule has 17 heteroatoms. The molecular formula is H9O12P4Pd+3. The third kappa shape index (κ3) is 38.1. The molecule has 0 spiro atoms. The van der Waals surface area contributed by atoms with Gasteiger partial charge in [0, 0.05) is 48.5 Å². The average Bonchev–Trinajstić information content (AvgIpc) is 2.83. The summed E-state index contributed by atoms with van der Waals surface area (Å²) in [5, 5.41) is 0. The van der Waals surface area contributed by atoms with Crippen molar-refractivity contribution in [1.82, 2.24) is 0 Å². The number of rotatable bonds is 0. The second-order valence-corrected chi connectivity index (χ2v) is 4.70. The minimum absolute atomic E-state index is 0. The third-order valence-electron chi connectivity index (χ3n) is 0.474. The Morgan fingerprint density at radius 2 is 0.647 bits per heavy atom. The maximum Gasteiger partial charge on any atom is 0.483 e. The Morgan fingerprint density at radius 3 is 0.647 bits per heavy atom. The normalized spacial score (nSPS) is 20.6. The van der Waals surface area contributed by atoms with Crippen LogP contribution in [0.25, 0.3) is 0 Å². The van der Waals surface area contributed by atoms with Crippen molar-refractivity contribution in [1.29, 1.82) is 0 Å². The smallest absolute Gasteiger partial charge is 0.328 e. The third-order valence-corrected chi connectivity index (χ3v) is 1.42. The molecule has 6 N–H and O–H groups in total. The fourth-order valence-corrected chi connectivity index (χ4v) is 0.503. The van der Waals surface area contributed by atoms with Gasteiger partial charge in [-0.1, -0.05) is 0 Å². The maximum absolute atomic E-state index is 7.82. The Kier molecular flexibility index (Phi) is 16.1. The molecule has 3 rings (SSSR count). The van der Waals surface area contributed by atoms with Crippen LogP contribution in [0.2, 0.25) is 0 Å². The first-order chi connectivity index (χ1) is 7.41. The predicted octanol–water partition coefficient (Wildman–Crippen LogP) is -1.11. The van der Waals surface area contributed by atoms with E-state index in [1.54, 1.807) is 0 Å². The van der Waals surface area contributed by atoms with E-state index in [0.29, 0.717) is 0 Å². The van der Waals surface area contributed by atoms with Crippen molar-refractivity contribution >= 4 is 34.4 Å². The van der Waals surface area contributed by atoms with Crippen LogP contribution in [-0.4, -0.2) is 29.4 Å². The standard InChI is InChI=1S/3H2O3P.H3O3P.Pd/c3*1-4-2-3-4;1-4(2)3;/h3*1,4H;1-3H;/q3*+1;;. The summed E-state index contributed by atoms with van der Waals surface area (Å²) in [4.78, 5) is 45.2.